The van der Waals surface area contributed by atoms with Crippen LogP contribution in [0.5, 0.6) is 11.5 Å². The van der Waals surface area contributed by atoms with Crippen LogP contribution in [0.15, 0.2) is 18.2 Å². The van der Waals surface area contributed by atoms with Crippen molar-refractivity contribution >= 4 is 22.2 Å². The number of thiophene rings is 1. The zero-order valence-corrected chi connectivity index (χ0v) is 16.7. The fourth-order valence-corrected chi connectivity index (χ4v) is 5.65. The maximum Gasteiger partial charge on any atom is 0.256 e. The Bertz CT molecular complexity index is 928. The Morgan fingerprint density at radius 2 is 1.96 bits per heavy atom. The fourth-order valence-electron chi connectivity index (χ4n) is 4.30. The molecule has 0 bridgehead atoms. The van der Waals surface area contributed by atoms with E-state index in [2.05, 4.69) is 31.4 Å². The SMILES string of the molecule is CC(C)(C)[C@H]1CCc2c(sc3c2C(=O)N[C@H](c2ccc4c(c2)OCO4)N3)C1. The molecule has 5 nitrogen and oxygen atoms in total. The number of anilines is 1. The van der Waals surface area contributed by atoms with E-state index in [1.165, 1.54) is 10.4 Å². The van der Waals surface area contributed by atoms with Gasteiger partial charge in [-0.05, 0) is 53.9 Å². The summed E-state index contributed by atoms with van der Waals surface area (Å²) in [6.07, 6.45) is 2.96. The lowest BCUT2D eigenvalue weighted by Gasteiger charge is -2.34. The monoisotopic (exact) mass is 384 g/mol. The fraction of sp³-hybridized carbons (Fsp3) is 0.476. The second-order valence-corrected chi connectivity index (χ2v) is 9.78. The van der Waals surface area contributed by atoms with E-state index in [0.717, 1.165) is 46.9 Å². The second-order valence-electron chi connectivity index (χ2n) is 8.68. The largest absolute Gasteiger partial charge is 0.454 e. The zero-order chi connectivity index (χ0) is 18.8. The molecule has 1 aliphatic carbocycles. The highest BCUT2D eigenvalue weighted by atomic mass is 32.1. The number of benzene rings is 1. The van der Waals surface area contributed by atoms with E-state index in [1.807, 2.05) is 18.2 Å². The van der Waals surface area contributed by atoms with Crippen molar-refractivity contribution in [3.8, 4) is 11.5 Å². The molecule has 1 aromatic heterocycles. The van der Waals surface area contributed by atoms with Crippen LogP contribution in [-0.2, 0) is 12.8 Å². The van der Waals surface area contributed by atoms with Crippen LogP contribution < -0.4 is 20.1 Å². The van der Waals surface area contributed by atoms with E-state index in [0.29, 0.717) is 11.3 Å². The minimum Gasteiger partial charge on any atom is -0.454 e. The molecule has 3 aliphatic rings. The van der Waals surface area contributed by atoms with Crippen molar-refractivity contribution in [2.24, 2.45) is 11.3 Å². The van der Waals surface area contributed by atoms with Crippen LogP contribution in [0, 0.1) is 11.3 Å². The highest BCUT2D eigenvalue weighted by molar-refractivity contribution is 7.16. The lowest BCUT2D eigenvalue weighted by Crippen LogP contribution is -2.38. The zero-order valence-electron chi connectivity index (χ0n) is 15.8. The van der Waals surface area contributed by atoms with E-state index < -0.39 is 0 Å². The molecule has 0 radical (unpaired) electrons. The van der Waals surface area contributed by atoms with Crippen molar-refractivity contribution in [2.75, 3.05) is 12.1 Å². The third-order valence-corrected chi connectivity index (χ3v) is 7.18. The first kappa shape index (κ1) is 16.9. The van der Waals surface area contributed by atoms with Gasteiger partial charge >= 0.3 is 0 Å². The molecule has 2 aromatic rings. The van der Waals surface area contributed by atoms with Crippen molar-refractivity contribution < 1.29 is 14.3 Å². The Balaban J connectivity index is 1.45. The van der Waals surface area contributed by atoms with E-state index in [-0.39, 0.29) is 18.9 Å². The van der Waals surface area contributed by atoms with Gasteiger partial charge in [0.25, 0.3) is 5.91 Å². The predicted molar refractivity (Wildman–Crippen MR) is 106 cm³/mol. The third-order valence-electron chi connectivity index (χ3n) is 6.00. The first-order valence-corrected chi connectivity index (χ1v) is 10.3. The van der Waals surface area contributed by atoms with Gasteiger partial charge in [0.1, 0.15) is 11.2 Å². The number of carbonyl (C=O) groups is 1. The molecule has 2 N–H and O–H groups in total. The Kier molecular flexibility index (Phi) is 3.69. The van der Waals surface area contributed by atoms with Gasteiger partial charge in [-0.25, -0.2) is 0 Å². The van der Waals surface area contributed by atoms with E-state index in [4.69, 9.17) is 9.47 Å². The summed E-state index contributed by atoms with van der Waals surface area (Å²) in [5.74, 6) is 2.17. The maximum atomic E-state index is 12.9. The van der Waals surface area contributed by atoms with E-state index >= 15 is 0 Å². The summed E-state index contributed by atoms with van der Waals surface area (Å²) in [7, 11) is 0. The van der Waals surface area contributed by atoms with Crippen LogP contribution in [-0.4, -0.2) is 12.7 Å². The summed E-state index contributed by atoms with van der Waals surface area (Å²) < 4.78 is 10.9. The van der Waals surface area contributed by atoms with Gasteiger partial charge in [0.2, 0.25) is 6.79 Å². The molecule has 0 saturated carbocycles. The van der Waals surface area contributed by atoms with Crippen LogP contribution in [0.3, 0.4) is 0 Å². The second kappa shape index (κ2) is 5.89. The molecule has 27 heavy (non-hydrogen) atoms. The van der Waals surface area contributed by atoms with Gasteiger partial charge < -0.3 is 20.1 Å². The normalized spacial score (nSPS) is 23.3. The van der Waals surface area contributed by atoms with Crippen LogP contribution in [0.25, 0.3) is 0 Å². The molecule has 1 amide bonds. The van der Waals surface area contributed by atoms with Crippen LogP contribution >= 0.6 is 11.3 Å². The molecule has 5 rings (SSSR count). The molecule has 0 spiro atoms. The standard InChI is InChI=1S/C21H24N2O3S/c1-21(2,3)12-5-6-13-16(9-12)27-20-17(13)19(24)22-18(23-20)11-4-7-14-15(8-11)26-10-25-14/h4,7-8,12,18,23H,5-6,9-10H2,1-3H3,(H,22,24)/t12-,18-/m0/s1. The molecule has 2 aliphatic heterocycles. The summed E-state index contributed by atoms with van der Waals surface area (Å²) in [6, 6.07) is 5.81. The number of carbonyl (C=O) groups excluding carboxylic acids is 1. The van der Waals surface area contributed by atoms with Crippen LogP contribution in [0.2, 0.25) is 0 Å². The summed E-state index contributed by atoms with van der Waals surface area (Å²) >= 11 is 1.76. The number of rotatable bonds is 1. The van der Waals surface area contributed by atoms with Gasteiger partial charge in [0, 0.05) is 4.88 Å². The number of fused-ring (bicyclic) bond motifs is 4. The van der Waals surface area contributed by atoms with Crippen LogP contribution in [0.4, 0.5) is 5.00 Å². The Labute approximate surface area is 163 Å². The van der Waals surface area contributed by atoms with Gasteiger partial charge in [0.05, 0.1) is 5.56 Å². The Hall–Kier alpha value is -2.21. The molecule has 0 fully saturated rings. The average molecular weight is 385 g/mol. The molecule has 2 atom stereocenters. The van der Waals surface area contributed by atoms with Crippen LogP contribution in [0.1, 0.15) is 59.7 Å². The lowest BCUT2D eigenvalue weighted by atomic mass is 9.72. The first-order chi connectivity index (χ1) is 12.9. The number of ether oxygens (including phenoxy) is 2. The quantitative estimate of drug-likeness (QED) is 0.761. The predicted octanol–water partition coefficient (Wildman–Crippen LogP) is 4.48. The molecule has 0 saturated heterocycles. The van der Waals surface area contributed by atoms with Gasteiger partial charge in [0.15, 0.2) is 11.5 Å². The molecule has 3 heterocycles. The molecule has 142 valence electrons. The van der Waals surface area contributed by atoms with Gasteiger partial charge in [-0.15, -0.1) is 11.3 Å². The van der Waals surface area contributed by atoms with Crippen molar-refractivity contribution in [3.05, 3.63) is 39.8 Å². The molecule has 0 unspecified atom stereocenters. The Morgan fingerprint density at radius 3 is 2.78 bits per heavy atom. The first-order valence-electron chi connectivity index (χ1n) is 9.51. The molecule has 1 aromatic carbocycles. The minimum absolute atomic E-state index is 0.0260. The van der Waals surface area contributed by atoms with E-state index in [1.54, 1.807) is 11.3 Å². The van der Waals surface area contributed by atoms with Gasteiger partial charge in [-0.1, -0.05) is 26.8 Å². The molecular formula is C21H24N2O3S. The average Bonchev–Trinajstić information content (AvgIpc) is 3.23. The highest BCUT2D eigenvalue weighted by Gasteiger charge is 2.36. The minimum atomic E-state index is -0.252. The van der Waals surface area contributed by atoms with Crippen molar-refractivity contribution in [1.29, 1.82) is 0 Å². The van der Waals surface area contributed by atoms with Crippen molar-refractivity contribution in [1.82, 2.24) is 5.32 Å². The summed E-state index contributed by atoms with van der Waals surface area (Å²) in [5, 5.41) is 7.65. The highest BCUT2D eigenvalue weighted by Crippen LogP contribution is 2.46. The van der Waals surface area contributed by atoms with Crippen molar-refractivity contribution in [3.63, 3.8) is 0 Å². The molecular weight excluding hydrogens is 360 g/mol. The van der Waals surface area contributed by atoms with Gasteiger partial charge in [-0.3, -0.25) is 4.79 Å². The Morgan fingerprint density at radius 1 is 1.15 bits per heavy atom. The van der Waals surface area contributed by atoms with Crippen molar-refractivity contribution in [2.45, 2.75) is 46.2 Å². The summed E-state index contributed by atoms with van der Waals surface area (Å²) in [6.45, 7) is 7.20. The van der Waals surface area contributed by atoms with E-state index in [9.17, 15) is 4.79 Å². The lowest BCUT2D eigenvalue weighted by molar-refractivity contribution is 0.0934. The summed E-state index contributed by atoms with van der Waals surface area (Å²) in [5.41, 5.74) is 3.38. The number of hydrogen-bond acceptors (Lipinski definition) is 5. The smallest absolute Gasteiger partial charge is 0.256 e. The number of nitrogens with one attached hydrogen (secondary N) is 2. The number of amides is 1. The van der Waals surface area contributed by atoms with Gasteiger partial charge in [-0.2, -0.15) is 0 Å². The molecule has 6 heteroatoms. The number of hydrogen-bond donors (Lipinski definition) is 2. The third kappa shape index (κ3) is 2.78. The maximum absolute atomic E-state index is 12.9. The summed E-state index contributed by atoms with van der Waals surface area (Å²) in [4.78, 5) is 14.3. The topological polar surface area (TPSA) is 59.6 Å².